The van der Waals surface area contributed by atoms with Gasteiger partial charge < -0.3 is 14.8 Å². The van der Waals surface area contributed by atoms with Crippen LogP contribution in [-0.4, -0.2) is 30.6 Å². The molecule has 1 unspecified atom stereocenters. The van der Waals surface area contributed by atoms with Crippen molar-refractivity contribution < 1.29 is 24.0 Å². The first kappa shape index (κ1) is 24.2. The number of carbonyl (C=O) groups excluding carboxylic acids is 2. The van der Waals surface area contributed by atoms with Gasteiger partial charge in [0.2, 0.25) is 0 Å². The molecule has 29 heavy (non-hydrogen) atoms. The van der Waals surface area contributed by atoms with Crippen LogP contribution in [0.3, 0.4) is 0 Å². The van der Waals surface area contributed by atoms with Crippen molar-refractivity contribution in [2.24, 2.45) is 5.92 Å². The summed E-state index contributed by atoms with van der Waals surface area (Å²) < 4.78 is 10.3. The molecule has 0 saturated carbocycles. The maximum Gasteiger partial charge on any atom is 0.336 e. The molecule has 1 aliphatic heterocycles. The minimum Gasteiger partial charge on any atom is -0.466 e. The van der Waals surface area contributed by atoms with Gasteiger partial charge in [0.05, 0.1) is 35.7 Å². The quantitative estimate of drug-likeness (QED) is 0.422. The van der Waals surface area contributed by atoms with Crippen LogP contribution in [0.1, 0.15) is 39.2 Å². The van der Waals surface area contributed by atoms with Gasteiger partial charge in [-0.1, -0.05) is 32.0 Å². The zero-order valence-corrected chi connectivity index (χ0v) is 17.8. The molecule has 0 aromatic heterocycles. The number of rotatable bonds is 6. The van der Waals surface area contributed by atoms with Crippen molar-refractivity contribution >= 4 is 30.0 Å². The molecule has 0 bridgehead atoms. The molecule has 0 aliphatic carbocycles. The fraction of sp³-hybridized carbons (Fsp3) is 0.400. The van der Waals surface area contributed by atoms with E-state index in [9.17, 15) is 19.7 Å². The Labute approximate surface area is 175 Å². The van der Waals surface area contributed by atoms with E-state index in [-0.39, 0.29) is 47.3 Å². The number of ether oxygens (including phenoxy) is 2. The molecule has 1 aromatic carbocycles. The number of benzene rings is 1. The minimum absolute atomic E-state index is 0. The lowest BCUT2D eigenvalue weighted by Crippen LogP contribution is -2.32. The number of halogens is 1. The summed E-state index contributed by atoms with van der Waals surface area (Å²) in [5.74, 6) is -2.16. The standard InChI is InChI=1S/C20H24N2O6.ClH/c1-11(2)10-28-20(24)17-13(4)21-12(3)16(19(23)27-5)18(17)14-8-6-7-9-15(14)22(25)26;/h6-9,11,18,21H,10H2,1-5H3;1H. The number of dihydropyridines is 1. The number of para-hydroxylation sites is 1. The molecular formula is C20H25ClN2O6. The van der Waals surface area contributed by atoms with Crippen molar-refractivity contribution in [1.82, 2.24) is 5.32 Å². The Morgan fingerprint density at radius 1 is 1.14 bits per heavy atom. The molecular weight excluding hydrogens is 400 g/mol. The summed E-state index contributed by atoms with van der Waals surface area (Å²) in [5.41, 5.74) is 1.27. The normalized spacial score (nSPS) is 16.1. The summed E-state index contributed by atoms with van der Waals surface area (Å²) in [6, 6.07) is 6.03. The van der Waals surface area contributed by atoms with Crippen molar-refractivity contribution in [3.8, 4) is 0 Å². The predicted octanol–water partition coefficient (Wildman–Crippen LogP) is 3.62. The lowest BCUT2D eigenvalue weighted by atomic mass is 9.79. The number of nitrogens with zero attached hydrogens (tertiary/aromatic N) is 1. The van der Waals surface area contributed by atoms with Crippen LogP contribution in [0.5, 0.6) is 0 Å². The third kappa shape index (κ3) is 5.14. The van der Waals surface area contributed by atoms with Gasteiger partial charge in [-0.25, -0.2) is 9.59 Å². The summed E-state index contributed by atoms with van der Waals surface area (Å²) in [6.07, 6.45) is 0. The maximum atomic E-state index is 12.9. The monoisotopic (exact) mass is 424 g/mol. The van der Waals surface area contributed by atoms with E-state index in [0.717, 1.165) is 0 Å². The van der Waals surface area contributed by atoms with Gasteiger partial charge in [0.15, 0.2) is 0 Å². The van der Waals surface area contributed by atoms with E-state index in [4.69, 9.17) is 9.47 Å². The Kier molecular flexibility index (Phi) is 8.39. The van der Waals surface area contributed by atoms with Crippen LogP contribution in [0.25, 0.3) is 0 Å². The number of methoxy groups -OCH3 is 1. The number of esters is 2. The second kappa shape index (κ2) is 10.1. The first-order valence-corrected chi connectivity index (χ1v) is 8.86. The van der Waals surface area contributed by atoms with Crippen molar-refractivity contribution in [2.75, 3.05) is 13.7 Å². The van der Waals surface area contributed by atoms with E-state index >= 15 is 0 Å². The van der Waals surface area contributed by atoms with E-state index in [1.807, 2.05) is 13.8 Å². The van der Waals surface area contributed by atoms with Gasteiger partial charge in [0.25, 0.3) is 5.69 Å². The Bertz CT molecular complexity index is 875. The Morgan fingerprint density at radius 2 is 1.69 bits per heavy atom. The highest BCUT2D eigenvalue weighted by Crippen LogP contribution is 2.42. The highest BCUT2D eigenvalue weighted by molar-refractivity contribution is 6.00. The molecule has 8 nitrogen and oxygen atoms in total. The highest BCUT2D eigenvalue weighted by Gasteiger charge is 2.40. The third-order valence-electron chi connectivity index (χ3n) is 4.38. The van der Waals surface area contributed by atoms with Gasteiger partial charge in [-0.05, 0) is 19.8 Å². The van der Waals surface area contributed by atoms with E-state index in [0.29, 0.717) is 11.4 Å². The molecule has 0 amide bonds. The average Bonchev–Trinajstić information content (AvgIpc) is 2.64. The van der Waals surface area contributed by atoms with Crippen molar-refractivity contribution in [1.29, 1.82) is 0 Å². The van der Waals surface area contributed by atoms with Gasteiger partial charge in [0.1, 0.15) is 0 Å². The van der Waals surface area contributed by atoms with Gasteiger partial charge in [-0.2, -0.15) is 0 Å². The molecule has 1 heterocycles. The zero-order chi connectivity index (χ0) is 21.0. The van der Waals surface area contributed by atoms with Crippen molar-refractivity contribution in [2.45, 2.75) is 33.6 Å². The van der Waals surface area contributed by atoms with Gasteiger partial charge in [-0.15, -0.1) is 12.4 Å². The van der Waals surface area contributed by atoms with Crippen LogP contribution in [0.2, 0.25) is 0 Å². The molecule has 1 aliphatic rings. The SMILES string of the molecule is COC(=O)C1=C(C)NC(C)=C(C(=O)OCC(C)C)C1c1ccccc1[N+](=O)[O-].Cl. The molecule has 1 atom stereocenters. The summed E-state index contributed by atoms with van der Waals surface area (Å²) >= 11 is 0. The lowest BCUT2D eigenvalue weighted by molar-refractivity contribution is -0.385. The molecule has 9 heteroatoms. The number of nitro benzene ring substituents is 1. The van der Waals surface area contributed by atoms with E-state index < -0.39 is 22.8 Å². The highest BCUT2D eigenvalue weighted by atomic mass is 35.5. The summed E-state index contributed by atoms with van der Waals surface area (Å²) in [7, 11) is 1.22. The number of nitro groups is 1. The third-order valence-corrected chi connectivity index (χ3v) is 4.38. The molecule has 0 fully saturated rings. The number of hydrogen-bond donors (Lipinski definition) is 1. The number of carbonyl (C=O) groups is 2. The molecule has 0 spiro atoms. The minimum atomic E-state index is -0.977. The van der Waals surface area contributed by atoms with E-state index in [2.05, 4.69) is 5.32 Å². The Morgan fingerprint density at radius 3 is 2.21 bits per heavy atom. The second-order valence-corrected chi connectivity index (χ2v) is 6.94. The molecule has 0 radical (unpaired) electrons. The second-order valence-electron chi connectivity index (χ2n) is 6.94. The molecule has 158 valence electrons. The summed E-state index contributed by atoms with van der Waals surface area (Å²) in [4.78, 5) is 36.5. The van der Waals surface area contributed by atoms with Crippen LogP contribution in [0, 0.1) is 16.0 Å². The van der Waals surface area contributed by atoms with Gasteiger partial charge >= 0.3 is 11.9 Å². The lowest BCUT2D eigenvalue weighted by Gasteiger charge is -2.30. The summed E-state index contributed by atoms with van der Waals surface area (Å²) in [6.45, 7) is 7.32. The number of nitrogens with one attached hydrogen (secondary N) is 1. The maximum absolute atomic E-state index is 12.9. The van der Waals surface area contributed by atoms with Gasteiger partial charge in [0, 0.05) is 23.0 Å². The molecule has 0 saturated heterocycles. The fourth-order valence-electron chi connectivity index (χ4n) is 3.17. The first-order valence-electron chi connectivity index (χ1n) is 8.86. The predicted molar refractivity (Wildman–Crippen MR) is 109 cm³/mol. The van der Waals surface area contributed by atoms with Crippen molar-refractivity contribution in [3.63, 3.8) is 0 Å². The number of hydrogen-bond acceptors (Lipinski definition) is 7. The molecule has 2 rings (SSSR count). The van der Waals surface area contributed by atoms with E-state index in [1.54, 1.807) is 19.9 Å². The van der Waals surface area contributed by atoms with Crippen LogP contribution >= 0.6 is 12.4 Å². The largest absolute Gasteiger partial charge is 0.466 e. The van der Waals surface area contributed by atoms with Gasteiger partial charge in [-0.3, -0.25) is 10.1 Å². The van der Waals surface area contributed by atoms with Crippen LogP contribution in [0.15, 0.2) is 46.8 Å². The van der Waals surface area contributed by atoms with Crippen molar-refractivity contribution in [3.05, 3.63) is 62.5 Å². The topological polar surface area (TPSA) is 108 Å². The smallest absolute Gasteiger partial charge is 0.336 e. The Balaban J connectivity index is 0.00000420. The Hall–Kier alpha value is -2.87. The molecule has 1 aromatic rings. The van der Waals surface area contributed by atoms with Crippen LogP contribution in [-0.2, 0) is 19.1 Å². The summed E-state index contributed by atoms with van der Waals surface area (Å²) in [5, 5.41) is 14.6. The zero-order valence-electron chi connectivity index (χ0n) is 17.0. The first-order chi connectivity index (χ1) is 13.2. The van der Waals surface area contributed by atoms with E-state index in [1.165, 1.54) is 25.3 Å². The number of allylic oxidation sites excluding steroid dienone is 2. The average molecular weight is 425 g/mol. The van der Waals surface area contributed by atoms with Crippen LogP contribution in [0.4, 0.5) is 5.69 Å². The fourth-order valence-corrected chi connectivity index (χ4v) is 3.17. The van der Waals surface area contributed by atoms with Crippen LogP contribution < -0.4 is 5.32 Å². The molecule has 1 N–H and O–H groups in total.